The van der Waals surface area contributed by atoms with Gasteiger partial charge in [-0.05, 0) is 6.07 Å². The number of ether oxygens (including phenoxy) is 1. The fraction of sp³-hybridized carbons (Fsp3) is 0.211. The van der Waals surface area contributed by atoms with Crippen LogP contribution < -0.4 is 10.1 Å². The van der Waals surface area contributed by atoms with E-state index in [4.69, 9.17) is 4.74 Å². The number of hydrogen-bond acceptors (Lipinski definition) is 5. The van der Waals surface area contributed by atoms with E-state index >= 15 is 0 Å². The fourth-order valence-corrected chi connectivity index (χ4v) is 3.80. The maximum atomic E-state index is 12.8. The van der Waals surface area contributed by atoms with Crippen LogP contribution in [-0.2, 0) is 18.3 Å². The number of hydrogen-bond donors (Lipinski definition) is 1. The molecule has 1 aromatic carbocycles. The Morgan fingerprint density at radius 1 is 1.33 bits per heavy atom. The second-order valence-electron chi connectivity index (χ2n) is 6.14. The molecule has 1 atom stereocenters. The summed E-state index contributed by atoms with van der Waals surface area (Å²) in [6, 6.07) is 7.21. The van der Waals surface area contributed by atoms with Crippen LogP contribution in [-0.4, -0.2) is 32.0 Å². The molecule has 27 heavy (non-hydrogen) atoms. The van der Waals surface area contributed by atoms with Gasteiger partial charge in [0.2, 0.25) is 5.91 Å². The first kappa shape index (κ1) is 17.3. The van der Waals surface area contributed by atoms with Crippen LogP contribution in [0.4, 0.5) is 0 Å². The van der Waals surface area contributed by atoms with Crippen molar-refractivity contribution in [3.8, 4) is 5.75 Å². The van der Waals surface area contributed by atoms with Crippen LogP contribution in [0.2, 0.25) is 0 Å². The number of fused-ring (bicyclic) bond motifs is 1. The second-order valence-corrected chi connectivity index (χ2v) is 7.01. The summed E-state index contributed by atoms with van der Waals surface area (Å²) >= 11 is 1.54. The van der Waals surface area contributed by atoms with Gasteiger partial charge in [-0.1, -0.05) is 18.2 Å². The normalized spacial score (nSPS) is 12.2. The number of amides is 1. The highest BCUT2D eigenvalue weighted by atomic mass is 32.1. The van der Waals surface area contributed by atoms with E-state index in [0.717, 1.165) is 22.0 Å². The van der Waals surface area contributed by atoms with E-state index < -0.39 is 6.04 Å². The van der Waals surface area contributed by atoms with Crippen molar-refractivity contribution in [2.45, 2.75) is 12.5 Å². The van der Waals surface area contributed by atoms with Gasteiger partial charge in [-0.2, -0.15) is 0 Å². The Morgan fingerprint density at radius 3 is 2.93 bits per heavy atom. The van der Waals surface area contributed by atoms with Crippen molar-refractivity contribution in [1.82, 2.24) is 24.3 Å². The molecule has 1 N–H and O–H groups in total. The van der Waals surface area contributed by atoms with Gasteiger partial charge in [0.15, 0.2) is 4.96 Å². The second kappa shape index (κ2) is 7.24. The van der Waals surface area contributed by atoms with E-state index in [1.54, 1.807) is 24.6 Å². The van der Waals surface area contributed by atoms with E-state index in [0.29, 0.717) is 5.75 Å². The molecule has 1 unspecified atom stereocenters. The molecule has 4 rings (SSSR count). The Labute approximate surface area is 160 Å². The van der Waals surface area contributed by atoms with E-state index in [1.807, 2.05) is 64.3 Å². The minimum atomic E-state index is -0.419. The molecule has 3 aromatic heterocycles. The highest BCUT2D eigenvalue weighted by Gasteiger charge is 2.24. The van der Waals surface area contributed by atoms with Crippen molar-refractivity contribution in [2.24, 2.45) is 7.05 Å². The number of nitrogens with one attached hydrogen (secondary N) is 1. The van der Waals surface area contributed by atoms with E-state index in [9.17, 15) is 4.79 Å². The summed E-state index contributed by atoms with van der Waals surface area (Å²) in [5.41, 5.74) is 1.59. The molecule has 1 amide bonds. The van der Waals surface area contributed by atoms with Gasteiger partial charge in [0.05, 0.1) is 19.2 Å². The van der Waals surface area contributed by atoms with Crippen molar-refractivity contribution >= 4 is 22.2 Å². The third kappa shape index (κ3) is 3.43. The van der Waals surface area contributed by atoms with Gasteiger partial charge in [0.25, 0.3) is 0 Å². The first-order chi connectivity index (χ1) is 13.2. The molecule has 4 aromatic rings. The molecule has 0 bridgehead atoms. The zero-order valence-corrected chi connectivity index (χ0v) is 15.8. The highest BCUT2D eigenvalue weighted by molar-refractivity contribution is 7.15. The number of aromatic nitrogens is 4. The Bertz CT molecular complexity index is 1050. The molecule has 7 nitrogen and oxygen atoms in total. The fourth-order valence-electron chi connectivity index (χ4n) is 3.08. The summed E-state index contributed by atoms with van der Waals surface area (Å²) in [6.45, 7) is 0. The number of aryl methyl sites for hydroxylation is 1. The molecule has 0 aliphatic heterocycles. The first-order valence-corrected chi connectivity index (χ1v) is 9.34. The maximum Gasteiger partial charge on any atom is 0.226 e. The molecule has 0 aliphatic rings. The van der Waals surface area contributed by atoms with Crippen LogP contribution in [0.3, 0.4) is 0 Å². The van der Waals surface area contributed by atoms with Crippen LogP contribution in [0.25, 0.3) is 4.96 Å². The van der Waals surface area contributed by atoms with Crippen molar-refractivity contribution < 1.29 is 9.53 Å². The van der Waals surface area contributed by atoms with Gasteiger partial charge in [0.1, 0.15) is 17.6 Å². The van der Waals surface area contributed by atoms with E-state index in [2.05, 4.69) is 15.3 Å². The van der Waals surface area contributed by atoms with Gasteiger partial charge in [0, 0.05) is 42.8 Å². The standard InChI is InChI=1S/C19H19N5O2S/c1-23-8-7-20-18(23)17(14-5-3-4-6-15(14)26-2)22-16(25)11-13-12-24-9-10-27-19(24)21-13/h3-10,12,17H,11H2,1-2H3,(H,22,25). The third-order valence-electron chi connectivity index (χ3n) is 4.36. The molecule has 0 fully saturated rings. The van der Waals surface area contributed by atoms with Crippen molar-refractivity contribution in [3.63, 3.8) is 0 Å². The average Bonchev–Trinajstić information content (AvgIpc) is 3.36. The predicted molar refractivity (Wildman–Crippen MR) is 103 cm³/mol. The number of carbonyl (C=O) groups is 1. The number of benzene rings is 1. The van der Waals surface area contributed by atoms with Gasteiger partial charge in [-0.25, -0.2) is 9.97 Å². The van der Waals surface area contributed by atoms with Gasteiger partial charge < -0.3 is 14.6 Å². The van der Waals surface area contributed by atoms with Crippen LogP contribution in [0.1, 0.15) is 23.1 Å². The van der Waals surface area contributed by atoms with Crippen LogP contribution in [0.5, 0.6) is 5.75 Å². The molecule has 0 radical (unpaired) electrons. The lowest BCUT2D eigenvalue weighted by Crippen LogP contribution is -2.32. The molecule has 3 heterocycles. The van der Waals surface area contributed by atoms with Gasteiger partial charge in [-0.3, -0.25) is 9.20 Å². The van der Waals surface area contributed by atoms with Crippen molar-refractivity contribution in [1.29, 1.82) is 0 Å². The summed E-state index contributed by atoms with van der Waals surface area (Å²) < 4.78 is 9.30. The predicted octanol–water partition coefficient (Wildman–Crippen LogP) is 2.59. The van der Waals surface area contributed by atoms with Crippen LogP contribution in [0, 0.1) is 0 Å². The number of thiazole rings is 1. The lowest BCUT2D eigenvalue weighted by molar-refractivity contribution is -0.121. The van der Waals surface area contributed by atoms with E-state index in [1.165, 1.54) is 0 Å². The number of para-hydroxylation sites is 1. The molecule has 0 spiro atoms. The quantitative estimate of drug-likeness (QED) is 0.557. The SMILES string of the molecule is COc1ccccc1C(NC(=O)Cc1cn2ccsc2n1)c1nccn1C. The number of imidazole rings is 2. The number of methoxy groups -OCH3 is 1. The third-order valence-corrected chi connectivity index (χ3v) is 5.13. The minimum Gasteiger partial charge on any atom is -0.496 e. The molecule has 8 heteroatoms. The van der Waals surface area contributed by atoms with Crippen LogP contribution >= 0.6 is 11.3 Å². The minimum absolute atomic E-state index is 0.125. The number of nitrogens with zero attached hydrogens (tertiary/aromatic N) is 4. The summed E-state index contributed by atoms with van der Waals surface area (Å²) in [7, 11) is 3.52. The van der Waals surface area contributed by atoms with Crippen LogP contribution in [0.15, 0.2) is 54.4 Å². The Morgan fingerprint density at radius 2 is 2.19 bits per heavy atom. The molecule has 0 saturated carbocycles. The maximum absolute atomic E-state index is 12.8. The number of rotatable bonds is 6. The van der Waals surface area contributed by atoms with Gasteiger partial charge in [-0.15, -0.1) is 11.3 Å². The monoisotopic (exact) mass is 381 g/mol. The lowest BCUT2D eigenvalue weighted by Gasteiger charge is -2.21. The van der Waals surface area contributed by atoms with Crippen molar-refractivity contribution in [2.75, 3.05) is 7.11 Å². The summed E-state index contributed by atoms with van der Waals surface area (Å²) in [5.74, 6) is 1.31. The summed E-state index contributed by atoms with van der Waals surface area (Å²) in [5, 5.41) is 5.05. The number of carbonyl (C=O) groups excluding carboxylic acids is 1. The lowest BCUT2D eigenvalue weighted by atomic mass is 10.0. The average molecular weight is 381 g/mol. The molecule has 138 valence electrons. The molecule has 0 saturated heterocycles. The topological polar surface area (TPSA) is 73.4 Å². The molecular formula is C19H19N5O2S. The molecular weight excluding hydrogens is 362 g/mol. The van der Waals surface area contributed by atoms with Crippen molar-refractivity contribution in [3.05, 3.63) is 71.5 Å². The zero-order valence-electron chi connectivity index (χ0n) is 15.0. The Hall–Kier alpha value is -3.13. The Kier molecular flexibility index (Phi) is 4.64. The summed E-state index contributed by atoms with van der Waals surface area (Å²) in [6.07, 6.45) is 7.58. The summed E-state index contributed by atoms with van der Waals surface area (Å²) in [4.78, 5) is 22.6. The highest BCUT2D eigenvalue weighted by Crippen LogP contribution is 2.29. The van der Waals surface area contributed by atoms with E-state index in [-0.39, 0.29) is 12.3 Å². The van der Waals surface area contributed by atoms with Gasteiger partial charge >= 0.3 is 0 Å². The Balaban J connectivity index is 1.61. The largest absolute Gasteiger partial charge is 0.496 e. The first-order valence-electron chi connectivity index (χ1n) is 8.46. The zero-order chi connectivity index (χ0) is 18.8. The smallest absolute Gasteiger partial charge is 0.226 e. The molecule has 0 aliphatic carbocycles.